The van der Waals surface area contributed by atoms with Gasteiger partial charge < -0.3 is 14.9 Å². The Balaban J connectivity index is 3.30. The minimum absolute atomic E-state index is 0.193. The van der Waals surface area contributed by atoms with Gasteiger partial charge in [-0.25, -0.2) is 4.79 Å². The first kappa shape index (κ1) is 9.13. The number of carboxylic acids is 1. The molecule has 4 nitrogen and oxygen atoms in total. The molecule has 58 valence electrons. The molecule has 0 aliphatic carbocycles. The minimum atomic E-state index is -1.43. The molecule has 0 aromatic carbocycles. The molecule has 0 unspecified atom stereocenters. The lowest BCUT2D eigenvalue weighted by Crippen LogP contribution is -2.25. The predicted octanol–water partition coefficient (Wildman–Crippen LogP) is -0.365. The van der Waals surface area contributed by atoms with Crippen molar-refractivity contribution in [3.8, 4) is 0 Å². The van der Waals surface area contributed by atoms with Crippen molar-refractivity contribution < 1.29 is 19.7 Å². The number of carbonyl (C=O) groups is 1. The lowest BCUT2D eigenvalue weighted by molar-refractivity contribution is -0.149. The molecule has 1 atom stereocenters. The van der Waals surface area contributed by atoms with Crippen molar-refractivity contribution in [2.24, 2.45) is 0 Å². The van der Waals surface area contributed by atoms with Gasteiger partial charge >= 0.3 is 5.97 Å². The van der Waals surface area contributed by atoms with Crippen molar-refractivity contribution in [1.29, 1.82) is 0 Å². The Morgan fingerprint density at radius 2 is 2.40 bits per heavy atom. The summed E-state index contributed by atoms with van der Waals surface area (Å²) in [6.45, 7) is 3.41. The zero-order valence-corrected chi connectivity index (χ0v) is 5.49. The average molecular weight is 146 g/mol. The van der Waals surface area contributed by atoms with Crippen LogP contribution in [0.4, 0.5) is 0 Å². The lowest BCUT2D eigenvalue weighted by Gasteiger charge is -2.03. The Bertz CT molecular complexity index is 121. The first-order valence-electron chi connectivity index (χ1n) is 2.78. The van der Waals surface area contributed by atoms with Gasteiger partial charge in [-0.05, 0) is 0 Å². The van der Waals surface area contributed by atoms with Gasteiger partial charge in [-0.2, -0.15) is 0 Å². The van der Waals surface area contributed by atoms with E-state index >= 15 is 0 Å². The van der Waals surface area contributed by atoms with E-state index in [-0.39, 0.29) is 13.2 Å². The molecule has 10 heavy (non-hydrogen) atoms. The molecule has 0 saturated carbocycles. The number of aliphatic carboxylic acids is 1. The molecule has 0 aromatic heterocycles. The number of hydrogen-bond acceptors (Lipinski definition) is 3. The number of rotatable bonds is 5. The number of aliphatic hydroxyl groups excluding tert-OH is 1. The summed E-state index contributed by atoms with van der Waals surface area (Å²) in [5, 5.41) is 16.7. The van der Waals surface area contributed by atoms with E-state index < -0.39 is 12.1 Å². The third kappa shape index (κ3) is 4.05. The van der Waals surface area contributed by atoms with Gasteiger partial charge in [0.1, 0.15) is 0 Å². The molecule has 0 saturated heterocycles. The normalized spacial score (nSPS) is 12.5. The van der Waals surface area contributed by atoms with Crippen LogP contribution in [-0.4, -0.2) is 35.5 Å². The zero-order valence-electron chi connectivity index (χ0n) is 5.49. The average Bonchev–Trinajstić information content (AvgIpc) is 1.88. The highest BCUT2D eigenvalue weighted by Gasteiger charge is 2.11. The summed E-state index contributed by atoms with van der Waals surface area (Å²) in [5.74, 6) is -1.27. The van der Waals surface area contributed by atoms with E-state index in [2.05, 4.69) is 11.3 Å². The van der Waals surface area contributed by atoms with Gasteiger partial charge in [-0.1, -0.05) is 6.08 Å². The standard InChI is InChI=1S/C6H10O4/c1-2-3-10-4-5(7)6(8)9/h2,5,7H,1,3-4H2,(H,8,9)/t5-/m0/s1. The predicted molar refractivity (Wildman–Crippen MR) is 34.7 cm³/mol. The SMILES string of the molecule is C=CCOC[C@H](O)C(=O)O. The third-order valence-corrected chi connectivity index (χ3v) is 0.796. The quantitative estimate of drug-likeness (QED) is 0.410. The summed E-state index contributed by atoms with van der Waals surface area (Å²) < 4.78 is 4.66. The van der Waals surface area contributed by atoms with E-state index in [0.717, 1.165) is 0 Å². The number of carboxylic acid groups (broad SMARTS) is 1. The maximum Gasteiger partial charge on any atom is 0.334 e. The van der Waals surface area contributed by atoms with Crippen molar-refractivity contribution in [3.63, 3.8) is 0 Å². The highest BCUT2D eigenvalue weighted by atomic mass is 16.5. The molecule has 0 bridgehead atoms. The number of hydrogen-bond donors (Lipinski definition) is 2. The molecular weight excluding hydrogens is 136 g/mol. The Morgan fingerprint density at radius 3 is 2.80 bits per heavy atom. The maximum atomic E-state index is 9.94. The van der Waals surface area contributed by atoms with E-state index in [1.807, 2.05) is 0 Å². The largest absolute Gasteiger partial charge is 0.479 e. The summed E-state index contributed by atoms with van der Waals surface area (Å²) in [4.78, 5) is 9.94. The fraction of sp³-hybridized carbons (Fsp3) is 0.500. The van der Waals surface area contributed by atoms with Crippen molar-refractivity contribution >= 4 is 5.97 Å². The molecule has 0 radical (unpaired) electrons. The van der Waals surface area contributed by atoms with Crippen LogP contribution in [0.1, 0.15) is 0 Å². The summed E-state index contributed by atoms with van der Waals surface area (Å²) >= 11 is 0. The summed E-state index contributed by atoms with van der Waals surface area (Å²) in [5.41, 5.74) is 0. The highest BCUT2D eigenvalue weighted by molar-refractivity contribution is 5.71. The molecule has 2 N–H and O–H groups in total. The summed E-state index contributed by atoms with van der Waals surface area (Å²) in [6.07, 6.45) is 0.0501. The van der Waals surface area contributed by atoms with Crippen LogP contribution in [0.15, 0.2) is 12.7 Å². The maximum absolute atomic E-state index is 9.94. The zero-order chi connectivity index (χ0) is 7.98. The number of ether oxygens (including phenoxy) is 1. The number of aliphatic hydroxyl groups is 1. The van der Waals surface area contributed by atoms with E-state index in [1.165, 1.54) is 6.08 Å². The first-order valence-corrected chi connectivity index (χ1v) is 2.78. The Labute approximate surface area is 58.7 Å². The van der Waals surface area contributed by atoms with Gasteiger partial charge in [0.2, 0.25) is 0 Å². The Hall–Kier alpha value is -0.870. The molecule has 0 heterocycles. The van der Waals surface area contributed by atoms with Crippen molar-refractivity contribution in [2.45, 2.75) is 6.10 Å². The second-order valence-electron chi connectivity index (χ2n) is 1.68. The Morgan fingerprint density at radius 1 is 1.80 bits per heavy atom. The van der Waals surface area contributed by atoms with Crippen molar-refractivity contribution in [1.82, 2.24) is 0 Å². The topological polar surface area (TPSA) is 66.8 Å². The van der Waals surface area contributed by atoms with Crippen LogP contribution in [0.5, 0.6) is 0 Å². The van der Waals surface area contributed by atoms with Crippen molar-refractivity contribution in [3.05, 3.63) is 12.7 Å². The summed E-state index contributed by atoms with van der Waals surface area (Å²) in [7, 11) is 0. The van der Waals surface area contributed by atoms with Gasteiger partial charge in [-0.15, -0.1) is 6.58 Å². The van der Waals surface area contributed by atoms with Crippen LogP contribution >= 0.6 is 0 Å². The summed E-state index contributed by atoms with van der Waals surface area (Å²) in [6, 6.07) is 0. The van der Waals surface area contributed by atoms with Gasteiger partial charge in [-0.3, -0.25) is 0 Å². The van der Waals surface area contributed by atoms with Crippen LogP contribution < -0.4 is 0 Å². The van der Waals surface area contributed by atoms with Crippen LogP contribution in [0.2, 0.25) is 0 Å². The molecule has 0 spiro atoms. The fourth-order valence-corrected chi connectivity index (χ4v) is 0.334. The smallest absolute Gasteiger partial charge is 0.334 e. The van der Waals surface area contributed by atoms with E-state index in [4.69, 9.17) is 10.2 Å². The third-order valence-electron chi connectivity index (χ3n) is 0.796. The van der Waals surface area contributed by atoms with E-state index in [0.29, 0.717) is 0 Å². The second kappa shape index (κ2) is 4.96. The highest BCUT2D eigenvalue weighted by Crippen LogP contribution is 1.84. The van der Waals surface area contributed by atoms with Gasteiger partial charge in [0, 0.05) is 0 Å². The van der Waals surface area contributed by atoms with Gasteiger partial charge in [0.25, 0.3) is 0 Å². The van der Waals surface area contributed by atoms with Crippen LogP contribution in [0, 0.1) is 0 Å². The lowest BCUT2D eigenvalue weighted by atomic mass is 10.4. The fourth-order valence-electron chi connectivity index (χ4n) is 0.334. The molecule has 0 fully saturated rings. The molecule has 0 rings (SSSR count). The molecule has 0 aromatic rings. The second-order valence-corrected chi connectivity index (χ2v) is 1.68. The van der Waals surface area contributed by atoms with Crippen LogP contribution in [0.25, 0.3) is 0 Å². The molecule has 0 aliphatic rings. The van der Waals surface area contributed by atoms with Gasteiger partial charge in [0.15, 0.2) is 6.10 Å². The molecular formula is C6H10O4. The first-order chi connectivity index (χ1) is 4.68. The molecule has 0 amide bonds. The monoisotopic (exact) mass is 146 g/mol. The van der Waals surface area contributed by atoms with E-state index in [9.17, 15) is 4.79 Å². The van der Waals surface area contributed by atoms with Gasteiger partial charge in [0.05, 0.1) is 13.2 Å². The van der Waals surface area contributed by atoms with Crippen LogP contribution in [0.3, 0.4) is 0 Å². The van der Waals surface area contributed by atoms with Crippen molar-refractivity contribution in [2.75, 3.05) is 13.2 Å². The molecule has 0 aliphatic heterocycles. The van der Waals surface area contributed by atoms with Crippen LogP contribution in [-0.2, 0) is 9.53 Å². The van der Waals surface area contributed by atoms with E-state index in [1.54, 1.807) is 0 Å². The molecule has 4 heteroatoms. The minimum Gasteiger partial charge on any atom is -0.479 e. The Kier molecular flexibility index (Phi) is 4.53.